The van der Waals surface area contributed by atoms with E-state index in [0.717, 1.165) is 9.26 Å². The second-order valence-corrected chi connectivity index (χ2v) is 2.99. The molecule has 0 spiro atoms. The first-order chi connectivity index (χ1) is 4.74. The van der Waals surface area contributed by atoms with Crippen molar-refractivity contribution < 1.29 is 0 Å². The molecule has 0 aliphatic rings. The molecule has 10 heavy (non-hydrogen) atoms. The van der Waals surface area contributed by atoms with Crippen molar-refractivity contribution in [2.75, 3.05) is 0 Å². The molecule has 0 aliphatic heterocycles. The van der Waals surface area contributed by atoms with Crippen molar-refractivity contribution in [3.63, 3.8) is 0 Å². The van der Waals surface area contributed by atoms with Crippen LogP contribution in [0.2, 0.25) is 0 Å². The smallest absolute Gasteiger partial charge is 0.129 e. The van der Waals surface area contributed by atoms with Crippen LogP contribution in [-0.2, 0) is 0 Å². The van der Waals surface area contributed by atoms with E-state index in [1.165, 1.54) is 6.20 Å². The molecule has 0 aromatic carbocycles. The van der Waals surface area contributed by atoms with Gasteiger partial charge in [0, 0.05) is 0 Å². The van der Waals surface area contributed by atoms with Gasteiger partial charge in [-0.1, -0.05) is 0 Å². The van der Waals surface area contributed by atoms with Crippen LogP contribution in [-0.4, -0.2) is 4.98 Å². The number of nitroso groups, excluding NO2 is 1. The average Bonchev–Trinajstić information content (AvgIpc) is 1.88. The van der Waals surface area contributed by atoms with Crippen LogP contribution >= 0.6 is 22.6 Å². The lowest BCUT2D eigenvalue weighted by atomic mass is 10.3. The Bertz CT molecular complexity index is 262. The number of hydrogen-bond donors (Lipinski definition) is 0. The fourth-order valence-corrected chi connectivity index (χ4v) is 1.22. The molecule has 1 aromatic rings. The Kier molecular flexibility index (Phi) is 2.31. The van der Waals surface area contributed by atoms with Gasteiger partial charge in [0.15, 0.2) is 0 Å². The average molecular weight is 248 g/mol. The third-order valence-corrected chi connectivity index (χ3v) is 1.74. The van der Waals surface area contributed by atoms with Gasteiger partial charge in [-0.25, -0.2) is 4.98 Å². The summed E-state index contributed by atoms with van der Waals surface area (Å²) in [5, 5.41) is 2.80. The van der Waals surface area contributed by atoms with Crippen molar-refractivity contribution in [3.05, 3.63) is 26.4 Å². The van der Waals surface area contributed by atoms with Gasteiger partial charge in [-0.2, -0.15) is 0 Å². The fourth-order valence-electron chi connectivity index (χ4n) is 0.610. The SMILES string of the molecule is Cc1cc(I)ncc1N=O. The number of aryl methyl sites for hydroxylation is 1. The minimum absolute atomic E-state index is 0.417. The lowest BCUT2D eigenvalue weighted by Gasteiger charge is -1.94. The summed E-state index contributed by atoms with van der Waals surface area (Å²) in [5.74, 6) is 0. The zero-order valence-electron chi connectivity index (χ0n) is 5.34. The van der Waals surface area contributed by atoms with E-state index in [0.29, 0.717) is 5.69 Å². The molecule has 52 valence electrons. The largest absolute Gasteiger partial charge is 0.248 e. The van der Waals surface area contributed by atoms with Crippen molar-refractivity contribution >= 4 is 28.3 Å². The number of rotatable bonds is 1. The Hall–Kier alpha value is -0.520. The van der Waals surface area contributed by atoms with Gasteiger partial charge in [-0.3, -0.25) is 0 Å². The van der Waals surface area contributed by atoms with Crippen molar-refractivity contribution in [1.82, 2.24) is 4.98 Å². The summed E-state index contributed by atoms with van der Waals surface area (Å²) in [4.78, 5) is 13.9. The van der Waals surface area contributed by atoms with E-state index >= 15 is 0 Å². The molecule has 0 saturated carbocycles. The molecule has 1 aromatic heterocycles. The highest BCUT2D eigenvalue weighted by Gasteiger charge is 1.97. The summed E-state index contributed by atoms with van der Waals surface area (Å²) in [5.41, 5.74) is 1.29. The van der Waals surface area contributed by atoms with Crippen LogP contribution in [0.4, 0.5) is 5.69 Å². The lowest BCUT2D eigenvalue weighted by molar-refractivity contribution is 1.22. The number of pyridine rings is 1. The topological polar surface area (TPSA) is 42.3 Å². The van der Waals surface area contributed by atoms with Crippen molar-refractivity contribution in [2.45, 2.75) is 6.92 Å². The van der Waals surface area contributed by atoms with E-state index in [1.807, 2.05) is 13.0 Å². The van der Waals surface area contributed by atoms with Crippen LogP contribution in [0, 0.1) is 15.5 Å². The van der Waals surface area contributed by atoms with Crippen molar-refractivity contribution in [1.29, 1.82) is 0 Å². The Labute approximate surface area is 72.0 Å². The van der Waals surface area contributed by atoms with Gasteiger partial charge >= 0.3 is 0 Å². The van der Waals surface area contributed by atoms with Crippen LogP contribution in [0.5, 0.6) is 0 Å². The molecule has 3 nitrogen and oxygen atoms in total. The molecular formula is C6H5IN2O. The normalized spacial score (nSPS) is 9.40. The number of halogens is 1. The first kappa shape index (κ1) is 7.59. The fraction of sp³-hybridized carbons (Fsp3) is 0.167. The Morgan fingerprint density at radius 1 is 1.70 bits per heavy atom. The highest BCUT2D eigenvalue weighted by Crippen LogP contribution is 2.17. The molecule has 0 aliphatic carbocycles. The molecule has 0 bridgehead atoms. The van der Waals surface area contributed by atoms with Gasteiger partial charge in [0.2, 0.25) is 0 Å². The summed E-state index contributed by atoms with van der Waals surface area (Å²) in [6.45, 7) is 1.83. The lowest BCUT2D eigenvalue weighted by Crippen LogP contribution is -1.80. The van der Waals surface area contributed by atoms with Gasteiger partial charge in [-0.05, 0) is 46.3 Å². The van der Waals surface area contributed by atoms with Crippen LogP contribution in [0.3, 0.4) is 0 Å². The summed E-state index contributed by atoms with van der Waals surface area (Å²) in [6.07, 6.45) is 1.48. The predicted molar refractivity (Wildman–Crippen MR) is 47.1 cm³/mol. The highest BCUT2D eigenvalue weighted by molar-refractivity contribution is 14.1. The van der Waals surface area contributed by atoms with Gasteiger partial charge in [0.05, 0.1) is 6.20 Å². The summed E-state index contributed by atoms with van der Waals surface area (Å²) in [6, 6.07) is 1.82. The minimum Gasteiger partial charge on any atom is -0.248 e. The minimum atomic E-state index is 0.417. The summed E-state index contributed by atoms with van der Waals surface area (Å²) >= 11 is 2.08. The molecule has 0 unspecified atom stereocenters. The maximum absolute atomic E-state index is 10.0. The zero-order valence-corrected chi connectivity index (χ0v) is 7.49. The first-order valence-electron chi connectivity index (χ1n) is 2.69. The summed E-state index contributed by atoms with van der Waals surface area (Å²) < 4.78 is 0.877. The molecule has 0 N–H and O–H groups in total. The van der Waals surface area contributed by atoms with E-state index in [2.05, 4.69) is 32.8 Å². The standard InChI is InChI=1S/C6H5IN2O/c1-4-2-6(7)8-3-5(4)9-10/h2-3H,1H3. The van der Waals surface area contributed by atoms with Crippen LogP contribution in [0.15, 0.2) is 17.4 Å². The van der Waals surface area contributed by atoms with Crippen LogP contribution in [0.25, 0.3) is 0 Å². The number of nitrogens with zero attached hydrogens (tertiary/aromatic N) is 2. The van der Waals surface area contributed by atoms with E-state index in [4.69, 9.17) is 0 Å². The molecule has 0 amide bonds. The maximum Gasteiger partial charge on any atom is 0.129 e. The van der Waals surface area contributed by atoms with E-state index in [1.54, 1.807) is 0 Å². The third-order valence-electron chi connectivity index (χ3n) is 1.15. The molecule has 0 radical (unpaired) electrons. The van der Waals surface area contributed by atoms with Crippen molar-refractivity contribution in [2.24, 2.45) is 5.18 Å². The maximum atomic E-state index is 10.0. The predicted octanol–water partition coefficient (Wildman–Crippen LogP) is 2.39. The van der Waals surface area contributed by atoms with Crippen molar-refractivity contribution in [3.8, 4) is 0 Å². The summed E-state index contributed by atoms with van der Waals surface area (Å²) in [7, 11) is 0. The number of hydrogen-bond acceptors (Lipinski definition) is 3. The van der Waals surface area contributed by atoms with E-state index in [-0.39, 0.29) is 0 Å². The van der Waals surface area contributed by atoms with E-state index < -0.39 is 0 Å². The highest BCUT2D eigenvalue weighted by atomic mass is 127. The monoisotopic (exact) mass is 248 g/mol. The third kappa shape index (κ3) is 1.50. The molecule has 0 saturated heterocycles. The molecule has 1 heterocycles. The number of aromatic nitrogens is 1. The van der Waals surface area contributed by atoms with Gasteiger partial charge in [0.25, 0.3) is 0 Å². The van der Waals surface area contributed by atoms with Gasteiger partial charge in [-0.15, -0.1) is 4.91 Å². The Balaban J connectivity index is 3.19. The molecule has 0 fully saturated rings. The quantitative estimate of drug-likeness (QED) is 0.435. The first-order valence-corrected chi connectivity index (χ1v) is 3.77. The van der Waals surface area contributed by atoms with E-state index in [9.17, 15) is 4.91 Å². The second kappa shape index (κ2) is 3.05. The van der Waals surface area contributed by atoms with Gasteiger partial charge < -0.3 is 0 Å². The molecule has 1 rings (SSSR count). The Morgan fingerprint density at radius 2 is 2.40 bits per heavy atom. The molecular weight excluding hydrogens is 243 g/mol. The Morgan fingerprint density at radius 3 is 2.90 bits per heavy atom. The molecule has 4 heteroatoms. The second-order valence-electron chi connectivity index (χ2n) is 1.88. The van der Waals surface area contributed by atoms with Gasteiger partial charge in [0.1, 0.15) is 9.39 Å². The molecule has 0 atom stereocenters. The van der Waals surface area contributed by atoms with Crippen LogP contribution in [0.1, 0.15) is 5.56 Å². The van der Waals surface area contributed by atoms with Crippen LogP contribution < -0.4 is 0 Å². The zero-order chi connectivity index (χ0) is 7.56.